The Balaban J connectivity index is 1.40. The highest BCUT2D eigenvalue weighted by atomic mass is 35.5. The Morgan fingerprint density at radius 2 is 1.79 bits per heavy atom. The maximum absolute atomic E-state index is 6.30. The number of hydrogen-bond donors (Lipinski definition) is 0. The van der Waals surface area contributed by atoms with Crippen molar-refractivity contribution in [3.05, 3.63) is 66.0 Å². The lowest BCUT2D eigenvalue weighted by Gasteiger charge is -2.33. The molecule has 0 unspecified atom stereocenters. The fourth-order valence-corrected chi connectivity index (χ4v) is 3.97. The first-order valence-electron chi connectivity index (χ1n) is 9.27. The molecule has 0 amide bonds. The van der Waals surface area contributed by atoms with Crippen LogP contribution in [0.2, 0.25) is 5.02 Å². The smallest absolute Gasteiger partial charge is 0.177 e. The fraction of sp³-hybridized carbons (Fsp3) is 0.250. The zero-order valence-electron chi connectivity index (χ0n) is 15.1. The number of rotatable bonds is 3. The van der Waals surface area contributed by atoms with E-state index in [-0.39, 0.29) is 0 Å². The Morgan fingerprint density at radius 1 is 0.929 bits per heavy atom. The van der Waals surface area contributed by atoms with Crippen molar-refractivity contribution < 1.29 is 0 Å². The molecule has 0 aliphatic carbocycles. The molecule has 4 aromatic rings. The molecule has 0 spiro atoms. The van der Waals surface area contributed by atoms with Gasteiger partial charge in [-0.15, -0.1) is 10.2 Å². The quantitative estimate of drug-likeness (QED) is 0.531. The average Bonchev–Trinajstić information content (AvgIpc) is 3.18. The second-order valence-electron chi connectivity index (χ2n) is 6.88. The molecule has 5 rings (SSSR count). The molecule has 1 aliphatic rings. The molecule has 0 bridgehead atoms. The average molecular weight is 392 g/mol. The van der Waals surface area contributed by atoms with Gasteiger partial charge < -0.3 is 4.90 Å². The molecule has 0 radical (unpaired) electrons. The second kappa shape index (κ2) is 7.16. The summed E-state index contributed by atoms with van der Waals surface area (Å²) in [5.41, 5.74) is 3.65. The second-order valence-corrected chi connectivity index (χ2v) is 7.28. The van der Waals surface area contributed by atoms with E-state index in [1.165, 1.54) is 0 Å². The van der Waals surface area contributed by atoms with Crippen molar-refractivity contribution in [3.8, 4) is 11.3 Å². The van der Waals surface area contributed by atoms with E-state index in [4.69, 9.17) is 16.7 Å². The molecule has 1 saturated heterocycles. The summed E-state index contributed by atoms with van der Waals surface area (Å²) < 4.78 is 1.88. The summed E-state index contributed by atoms with van der Waals surface area (Å²) in [7, 11) is 0. The monoisotopic (exact) mass is 391 g/mol. The molecule has 1 aliphatic heterocycles. The van der Waals surface area contributed by atoms with E-state index in [2.05, 4.69) is 25.1 Å². The molecule has 28 heavy (non-hydrogen) atoms. The SMILES string of the molecule is Clc1cnccc1N1CCC(c2nnc3ccc(-c4cccnc4)nn23)CC1. The summed E-state index contributed by atoms with van der Waals surface area (Å²) in [6.45, 7) is 1.82. The fourth-order valence-electron chi connectivity index (χ4n) is 3.73. The predicted molar refractivity (Wildman–Crippen MR) is 107 cm³/mol. The highest BCUT2D eigenvalue weighted by molar-refractivity contribution is 6.33. The van der Waals surface area contributed by atoms with Gasteiger partial charge in [0.1, 0.15) is 0 Å². The molecule has 1 fully saturated rings. The Hall–Kier alpha value is -3.06. The van der Waals surface area contributed by atoms with Crippen LogP contribution in [0.5, 0.6) is 0 Å². The first-order valence-corrected chi connectivity index (χ1v) is 9.64. The number of hydrogen-bond acceptors (Lipinski definition) is 6. The molecule has 7 nitrogen and oxygen atoms in total. The van der Waals surface area contributed by atoms with Crippen LogP contribution >= 0.6 is 11.6 Å². The van der Waals surface area contributed by atoms with Crippen LogP contribution < -0.4 is 4.90 Å². The van der Waals surface area contributed by atoms with E-state index in [0.717, 1.165) is 54.3 Å². The number of nitrogens with zero attached hydrogens (tertiary/aromatic N) is 7. The summed E-state index contributed by atoms with van der Waals surface area (Å²) >= 11 is 6.30. The summed E-state index contributed by atoms with van der Waals surface area (Å²) in [6.07, 6.45) is 8.99. The van der Waals surface area contributed by atoms with E-state index in [0.29, 0.717) is 10.9 Å². The molecule has 4 aromatic heterocycles. The van der Waals surface area contributed by atoms with Crippen LogP contribution in [0, 0.1) is 0 Å². The van der Waals surface area contributed by atoms with Gasteiger partial charge in [-0.3, -0.25) is 9.97 Å². The summed E-state index contributed by atoms with van der Waals surface area (Å²) in [5, 5.41) is 14.2. The maximum atomic E-state index is 6.30. The highest BCUT2D eigenvalue weighted by Gasteiger charge is 2.26. The van der Waals surface area contributed by atoms with Gasteiger partial charge in [0, 0.05) is 49.4 Å². The molecule has 8 heteroatoms. The molecule has 0 atom stereocenters. The van der Waals surface area contributed by atoms with Gasteiger partial charge in [0.2, 0.25) is 0 Å². The van der Waals surface area contributed by atoms with E-state index >= 15 is 0 Å². The van der Waals surface area contributed by atoms with Crippen LogP contribution in [-0.4, -0.2) is 42.9 Å². The summed E-state index contributed by atoms with van der Waals surface area (Å²) in [6, 6.07) is 9.80. The Morgan fingerprint density at radius 3 is 2.57 bits per heavy atom. The van der Waals surface area contributed by atoms with Gasteiger partial charge in [0.25, 0.3) is 0 Å². The van der Waals surface area contributed by atoms with Crippen LogP contribution in [0.4, 0.5) is 5.69 Å². The molecule has 0 saturated carbocycles. The van der Waals surface area contributed by atoms with Gasteiger partial charge in [-0.05, 0) is 43.2 Å². The Bertz CT molecular complexity index is 1100. The predicted octanol–water partition coefficient (Wildman–Crippen LogP) is 3.62. The van der Waals surface area contributed by atoms with Crippen molar-refractivity contribution in [2.45, 2.75) is 18.8 Å². The number of anilines is 1. The first-order chi connectivity index (χ1) is 13.8. The van der Waals surface area contributed by atoms with Gasteiger partial charge in [-0.2, -0.15) is 9.61 Å². The number of halogens is 1. The zero-order valence-corrected chi connectivity index (χ0v) is 15.9. The Kier molecular flexibility index (Phi) is 4.37. The molecular weight excluding hydrogens is 374 g/mol. The lowest BCUT2D eigenvalue weighted by molar-refractivity contribution is 0.477. The molecule has 140 valence electrons. The minimum Gasteiger partial charge on any atom is -0.370 e. The number of aromatic nitrogens is 6. The molecule has 0 aromatic carbocycles. The lowest BCUT2D eigenvalue weighted by atomic mass is 9.96. The lowest BCUT2D eigenvalue weighted by Crippen LogP contribution is -2.33. The largest absolute Gasteiger partial charge is 0.370 e. The van der Waals surface area contributed by atoms with Crippen LogP contribution in [-0.2, 0) is 0 Å². The van der Waals surface area contributed by atoms with E-state index in [1.54, 1.807) is 18.6 Å². The highest BCUT2D eigenvalue weighted by Crippen LogP contribution is 2.32. The maximum Gasteiger partial charge on any atom is 0.177 e. The molecule has 5 heterocycles. The van der Waals surface area contributed by atoms with Crippen LogP contribution in [0.25, 0.3) is 16.9 Å². The van der Waals surface area contributed by atoms with Crippen molar-refractivity contribution in [3.63, 3.8) is 0 Å². The summed E-state index contributed by atoms with van der Waals surface area (Å²) in [5.74, 6) is 1.23. The van der Waals surface area contributed by atoms with Crippen LogP contribution in [0.15, 0.2) is 55.1 Å². The third-order valence-electron chi connectivity index (χ3n) is 5.20. The van der Waals surface area contributed by atoms with Gasteiger partial charge in [0.15, 0.2) is 11.5 Å². The van der Waals surface area contributed by atoms with Crippen molar-refractivity contribution >= 4 is 22.9 Å². The Labute approximate surface area is 167 Å². The van der Waals surface area contributed by atoms with Crippen molar-refractivity contribution in [2.75, 3.05) is 18.0 Å². The molecule has 0 N–H and O–H groups in total. The first kappa shape index (κ1) is 17.1. The number of pyridine rings is 2. The topological polar surface area (TPSA) is 72.1 Å². The van der Waals surface area contributed by atoms with Crippen LogP contribution in [0.1, 0.15) is 24.6 Å². The number of fused-ring (bicyclic) bond motifs is 1. The van der Waals surface area contributed by atoms with Crippen molar-refractivity contribution in [1.82, 2.24) is 29.8 Å². The third kappa shape index (κ3) is 3.07. The van der Waals surface area contributed by atoms with E-state index in [1.807, 2.05) is 41.0 Å². The zero-order chi connectivity index (χ0) is 18.9. The third-order valence-corrected chi connectivity index (χ3v) is 5.49. The van der Waals surface area contributed by atoms with Crippen LogP contribution in [0.3, 0.4) is 0 Å². The van der Waals surface area contributed by atoms with Gasteiger partial charge in [-0.25, -0.2) is 0 Å². The van der Waals surface area contributed by atoms with Crippen molar-refractivity contribution in [2.24, 2.45) is 0 Å². The minimum absolute atomic E-state index is 0.309. The van der Waals surface area contributed by atoms with Gasteiger partial charge in [0.05, 0.1) is 16.4 Å². The van der Waals surface area contributed by atoms with E-state index < -0.39 is 0 Å². The van der Waals surface area contributed by atoms with Gasteiger partial charge >= 0.3 is 0 Å². The molecular formula is C20H18ClN7. The summed E-state index contributed by atoms with van der Waals surface area (Å²) in [4.78, 5) is 10.6. The van der Waals surface area contributed by atoms with Crippen molar-refractivity contribution in [1.29, 1.82) is 0 Å². The number of piperidine rings is 1. The van der Waals surface area contributed by atoms with E-state index in [9.17, 15) is 0 Å². The van der Waals surface area contributed by atoms with Gasteiger partial charge in [-0.1, -0.05) is 11.6 Å². The standard InChI is InChI=1S/C20H18ClN7/c21-16-13-23-9-5-18(16)27-10-6-14(7-11-27)20-25-24-19-4-3-17(26-28(19)20)15-2-1-8-22-12-15/h1-5,8-9,12-14H,6-7,10-11H2. The normalized spacial score (nSPS) is 15.2. The minimum atomic E-state index is 0.309.